The van der Waals surface area contributed by atoms with E-state index < -0.39 is 0 Å². The molecule has 10 heteroatoms. The van der Waals surface area contributed by atoms with Crippen LogP contribution in [-0.4, -0.2) is 35.6 Å². The highest BCUT2D eigenvalue weighted by molar-refractivity contribution is 8.03. The van der Waals surface area contributed by atoms with Crippen LogP contribution in [0, 0.1) is 11.3 Å². The number of hydrogen-bond donors (Lipinski definition) is 0. The molecule has 3 aromatic rings. The molecule has 154 valence electrons. The van der Waals surface area contributed by atoms with Crippen molar-refractivity contribution in [3.63, 3.8) is 0 Å². The number of fused-ring (bicyclic) bond motifs is 2. The summed E-state index contributed by atoms with van der Waals surface area (Å²) in [6.45, 7) is 0.182. The number of nitriles is 1. The van der Waals surface area contributed by atoms with Gasteiger partial charge in [0.15, 0.2) is 17.3 Å². The predicted octanol–water partition coefficient (Wildman–Crippen LogP) is 4.10. The van der Waals surface area contributed by atoms with Crippen LogP contribution in [0.15, 0.2) is 67.6 Å². The number of Topliss-reactive ketones (excluding diaryl/α,β-unsaturated/α-hetero) is 1. The third kappa shape index (κ3) is 3.62. The lowest BCUT2D eigenvalue weighted by Gasteiger charge is -2.14. The number of carbonyl (C=O) groups excluding carboxylic acids is 1. The maximum atomic E-state index is 12.8. The van der Waals surface area contributed by atoms with Crippen molar-refractivity contribution in [2.45, 2.75) is 10.1 Å². The summed E-state index contributed by atoms with van der Waals surface area (Å²) in [6, 6.07) is 15.2. The zero-order valence-electron chi connectivity index (χ0n) is 16.2. The molecule has 0 fully saturated rings. The summed E-state index contributed by atoms with van der Waals surface area (Å²) in [4.78, 5) is 15.7. The second-order valence-electron chi connectivity index (χ2n) is 6.57. The lowest BCUT2D eigenvalue weighted by atomic mass is 10.2. The van der Waals surface area contributed by atoms with Gasteiger partial charge < -0.3 is 18.8 Å². The highest BCUT2D eigenvalue weighted by Crippen LogP contribution is 2.46. The molecule has 8 nitrogen and oxygen atoms in total. The largest absolute Gasteiger partial charge is 0.454 e. The number of nitrogens with zero attached hydrogens (tertiary/aromatic N) is 4. The Labute approximate surface area is 185 Å². The minimum atomic E-state index is -0.294. The fourth-order valence-electron chi connectivity index (χ4n) is 3.16. The van der Waals surface area contributed by atoms with Crippen molar-refractivity contribution >= 4 is 35.0 Å². The summed E-state index contributed by atoms with van der Waals surface area (Å²) >= 11 is 2.52. The second kappa shape index (κ2) is 8.02. The smallest absolute Gasteiger partial charge is 0.277 e. The fraction of sp³-hybridized carbons (Fsp3) is 0.143. The molecule has 0 bridgehead atoms. The van der Waals surface area contributed by atoms with Gasteiger partial charge in [0.2, 0.25) is 12.7 Å². The lowest BCUT2D eigenvalue weighted by molar-refractivity contribution is -0.112. The molecule has 0 saturated heterocycles. The molecule has 2 aromatic carbocycles. The third-order valence-corrected chi connectivity index (χ3v) is 6.75. The van der Waals surface area contributed by atoms with Crippen LogP contribution in [0.25, 0.3) is 11.5 Å². The van der Waals surface area contributed by atoms with Crippen LogP contribution >= 0.6 is 23.5 Å². The average molecular weight is 451 g/mol. The fourth-order valence-corrected chi connectivity index (χ4v) is 4.96. The molecule has 0 N–H and O–H groups in total. The Bertz CT molecular complexity index is 1260. The van der Waals surface area contributed by atoms with E-state index in [4.69, 9.17) is 13.9 Å². The van der Waals surface area contributed by atoms with Crippen molar-refractivity contribution in [1.82, 2.24) is 10.2 Å². The SMILES string of the molecule is CN1C(=C(C#N)C(=O)CSc2nnc(-c3ccc4c(c3)OCO4)o2)Sc2ccccc21. The number of rotatable bonds is 5. The van der Waals surface area contributed by atoms with E-state index in [9.17, 15) is 10.1 Å². The summed E-state index contributed by atoms with van der Waals surface area (Å²) in [5, 5.41) is 18.5. The van der Waals surface area contributed by atoms with Gasteiger partial charge in [-0.15, -0.1) is 10.2 Å². The lowest BCUT2D eigenvalue weighted by Crippen LogP contribution is -2.16. The van der Waals surface area contributed by atoms with E-state index >= 15 is 0 Å². The first-order valence-electron chi connectivity index (χ1n) is 9.18. The highest BCUT2D eigenvalue weighted by atomic mass is 32.2. The molecule has 3 heterocycles. The van der Waals surface area contributed by atoms with Crippen molar-refractivity contribution in [1.29, 1.82) is 5.26 Å². The molecule has 0 spiro atoms. The summed E-state index contributed by atoms with van der Waals surface area (Å²) in [6.07, 6.45) is 0. The molecule has 0 radical (unpaired) electrons. The van der Waals surface area contributed by atoms with E-state index in [0.717, 1.165) is 22.3 Å². The quantitative estimate of drug-likeness (QED) is 0.321. The number of ether oxygens (including phenoxy) is 2. The Morgan fingerprint density at radius 2 is 2.06 bits per heavy atom. The predicted molar refractivity (Wildman–Crippen MR) is 115 cm³/mol. The maximum Gasteiger partial charge on any atom is 0.277 e. The number of hydrogen-bond acceptors (Lipinski definition) is 10. The first kappa shape index (κ1) is 19.5. The van der Waals surface area contributed by atoms with Crippen LogP contribution in [0.5, 0.6) is 11.5 Å². The monoisotopic (exact) mass is 450 g/mol. The number of allylic oxidation sites excluding steroid dienone is 1. The molecule has 1 aromatic heterocycles. The van der Waals surface area contributed by atoms with Crippen molar-refractivity contribution in [3.05, 3.63) is 53.1 Å². The van der Waals surface area contributed by atoms with Crippen molar-refractivity contribution in [2.75, 3.05) is 24.5 Å². The topological polar surface area (TPSA) is 101 Å². The maximum absolute atomic E-state index is 12.8. The van der Waals surface area contributed by atoms with Gasteiger partial charge in [-0.2, -0.15) is 5.26 Å². The van der Waals surface area contributed by atoms with Crippen LogP contribution in [0.2, 0.25) is 0 Å². The number of benzene rings is 2. The number of para-hydroxylation sites is 1. The Kier molecular flexibility index (Phi) is 5.05. The number of carbonyl (C=O) groups is 1. The summed E-state index contributed by atoms with van der Waals surface area (Å²) in [5.74, 6) is 1.31. The molecule has 2 aliphatic heterocycles. The van der Waals surface area contributed by atoms with Crippen molar-refractivity contribution < 1.29 is 18.7 Å². The van der Waals surface area contributed by atoms with Crippen molar-refractivity contribution in [3.8, 4) is 29.0 Å². The minimum absolute atomic E-state index is 0.0138. The highest BCUT2D eigenvalue weighted by Gasteiger charge is 2.28. The summed E-state index contributed by atoms with van der Waals surface area (Å²) in [7, 11) is 1.85. The van der Waals surface area contributed by atoms with Crippen LogP contribution in [0.3, 0.4) is 0 Å². The van der Waals surface area contributed by atoms with Crippen LogP contribution in [-0.2, 0) is 4.79 Å². The Hall–Kier alpha value is -3.42. The number of anilines is 1. The zero-order valence-corrected chi connectivity index (χ0v) is 17.8. The molecule has 0 aliphatic carbocycles. The van der Waals surface area contributed by atoms with E-state index in [2.05, 4.69) is 16.3 Å². The van der Waals surface area contributed by atoms with Gasteiger partial charge in [-0.05, 0) is 30.3 Å². The Morgan fingerprint density at radius 1 is 1.23 bits per heavy atom. The number of aromatic nitrogens is 2. The molecule has 0 atom stereocenters. The van der Waals surface area contributed by atoms with Gasteiger partial charge in [-0.1, -0.05) is 35.7 Å². The molecule has 2 aliphatic rings. The standard InChI is InChI=1S/C21H14N4O4S2/c1-25-14-4-2-3-5-18(14)31-20(25)13(9-22)15(26)10-30-21-24-23-19(29-21)12-6-7-16-17(8-12)28-11-27-16/h2-8H,10-11H2,1H3. The van der Waals surface area contributed by atoms with E-state index in [1.807, 2.05) is 36.2 Å². The van der Waals surface area contributed by atoms with Gasteiger partial charge in [0.25, 0.3) is 5.22 Å². The zero-order chi connectivity index (χ0) is 21.4. The Balaban J connectivity index is 1.29. The Morgan fingerprint density at radius 3 is 2.90 bits per heavy atom. The van der Waals surface area contributed by atoms with Gasteiger partial charge in [-0.25, -0.2) is 0 Å². The molecular formula is C21H14N4O4S2. The van der Waals surface area contributed by atoms with E-state index in [1.54, 1.807) is 18.2 Å². The van der Waals surface area contributed by atoms with Gasteiger partial charge in [0.05, 0.1) is 11.4 Å². The van der Waals surface area contributed by atoms with Gasteiger partial charge in [-0.3, -0.25) is 4.79 Å². The third-order valence-electron chi connectivity index (χ3n) is 4.70. The molecule has 0 unspecified atom stereocenters. The molecular weight excluding hydrogens is 436 g/mol. The molecule has 0 saturated carbocycles. The van der Waals surface area contributed by atoms with Gasteiger partial charge >= 0.3 is 0 Å². The van der Waals surface area contributed by atoms with E-state index in [1.165, 1.54) is 11.8 Å². The van der Waals surface area contributed by atoms with Crippen LogP contribution in [0.4, 0.5) is 5.69 Å². The van der Waals surface area contributed by atoms with E-state index in [0.29, 0.717) is 28.0 Å². The molecule has 31 heavy (non-hydrogen) atoms. The van der Waals surface area contributed by atoms with Crippen LogP contribution in [0.1, 0.15) is 0 Å². The number of ketones is 1. The summed E-state index contributed by atoms with van der Waals surface area (Å²) in [5.41, 5.74) is 1.78. The van der Waals surface area contributed by atoms with Gasteiger partial charge in [0.1, 0.15) is 16.7 Å². The number of thioether (sulfide) groups is 2. The van der Waals surface area contributed by atoms with Gasteiger partial charge in [0, 0.05) is 17.5 Å². The molecule has 0 amide bonds. The first-order chi connectivity index (χ1) is 15.1. The summed E-state index contributed by atoms with van der Waals surface area (Å²) < 4.78 is 16.3. The van der Waals surface area contributed by atoms with Crippen molar-refractivity contribution in [2.24, 2.45) is 0 Å². The first-order valence-corrected chi connectivity index (χ1v) is 11.0. The second-order valence-corrected chi connectivity index (χ2v) is 8.53. The normalized spacial score (nSPS) is 15.5. The molecule has 5 rings (SSSR count). The average Bonchev–Trinajstić information content (AvgIpc) is 3.52. The minimum Gasteiger partial charge on any atom is -0.454 e. The van der Waals surface area contributed by atoms with Crippen LogP contribution < -0.4 is 14.4 Å². The van der Waals surface area contributed by atoms with E-state index in [-0.39, 0.29) is 29.1 Å².